The lowest BCUT2D eigenvalue weighted by Gasteiger charge is -2.22. The van der Waals surface area contributed by atoms with Crippen LogP contribution in [0, 0.1) is 5.92 Å². The van der Waals surface area contributed by atoms with Crippen LogP contribution in [0.2, 0.25) is 0 Å². The number of hydrogen-bond donors (Lipinski definition) is 0. The molecule has 2 aromatic rings. The van der Waals surface area contributed by atoms with E-state index < -0.39 is 0 Å². The Labute approximate surface area is 120 Å². The molecule has 0 aromatic heterocycles. The molecule has 1 nitrogen and oxygen atoms in total. The highest BCUT2D eigenvalue weighted by Gasteiger charge is 2.32. The van der Waals surface area contributed by atoms with Gasteiger partial charge in [0.25, 0.3) is 0 Å². The van der Waals surface area contributed by atoms with Crippen LogP contribution in [0.3, 0.4) is 0 Å². The van der Waals surface area contributed by atoms with Crippen LogP contribution < -0.4 is 0 Å². The van der Waals surface area contributed by atoms with Crippen LogP contribution in [0.4, 0.5) is 0 Å². The molecule has 1 aliphatic rings. The molecule has 0 aliphatic heterocycles. The van der Waals surface area contributed by atoms with Crippen molar-refractivity contribution in [2.75, 3.05) is 0 Å². The van der Waals surface area contributed by atoms with Gasteiger partial charge in [0.1, 0.15) is 0 Å². The van der Waals surface area contributed by atoms with Crippen molar-refractivity contribution in [2.45, 2.75) is 31.6 Å². The molecule has 20 heavy (non-hydrogen) atoms. The molecule has 0 amide bonds. The zero-order valence-corrected chi connectivity index (χ0v) is 11.7. The highest BCUT2D eigenvalue weighted by atomic mass is 16.1. The van der Waals surface area contributed by atoms with Gasteiger partial charge in [-0.25, -0.2) is 0 Å². The predicted octanol–water partition coefficient (Wildman–Crippen LogP) is 4.84. The predicted molar refractivity (Wildman–Crippen MR) is 81.9 cm³/mol. The van der Waals surface area contributed by atoms with Crippen molar-refractivity contribution in [3.63, 3.8) is 0 Å². The van der Waals surface area contributed by atoms with Crippen LogP contribution in [0.25, 0.3) is 0 Å². The Kier molecular flexibility index (Phi) is 3.96. The van der Waals surface area contributed by atoms with Crippen molar-refractivity contribution < 1.29 is 4.79 Å². The Morgan fingerprint density at radius 3 is 2.00 bits per heavy atom. The van der Waals surface area contributed by atoms with Gasteiger partial charge in [-0.3, -0.25) is 4.79 Å². The van der Waals surface area contributed by atoms with Crippen LogP contribution in [-0.2, 0) is 0 Å². The lowest BCUT2D eigenvalue weighted by atomic mass is 9.80. The van der Waals surface area contributed by atoms with Gasteiger partial charge < -0.3 is 0 Å². The van der Waals surface area contributed by atoms with E-state index in [0.29, 0.717) is 5.92 Å². The molecule has 0 unspecified atom stereocenters. The summed E-state index contributed by atoms with van der Waals surface area (Å²) in [7, 11) is 0. The minimum absolute atomic E-state index is 0.0288. The second-order valence-corrected chi connectivity index (χ2v) is 5.66. The summed E-state index contributed by atoms with van der Waals surface area (Å²) >= 11 is 0. The number of carbonyl (C=O) groups is 1. The lowest BCUT2D eigenvalue weighted by Crippen LogP contribution is -2.20. The maximum atomic E-state index is 12.9. The average molecular weight is 264 g/mol. The second-order valence-electron chi connectivity index (χ2n) is 5.66. The number of Topliss-reactive ketones (excluding diaryl/α,β-unsaturated/α-hetero) is 1. The van der Waals surface area contributed by atoms with E-state index in [2.05, 4.69) is 12.1 Å². The lowest BCUT2D eigenvalue weighted by molar-refractivity contribution is 0.0930. The molecule has 102 valence electrons. The molecule has 0 bridgehead atoms. The van der Waals surface area contributed by atoms with Crippen molar-refractivity contribution >= 4 is 5.78 Å². The molecule has 1 heteroatoms. The summed E-state index contributed by atoms with van der Waals surface area (Å²) in [5.74, 6) is 0.815. The Morgan fingerprint density at radius 1 is 0.850 bits per heavy atom. The number of benzene rings is 2. The Bertz CT molecular complexity index is 553. The first kappa shape index (κ1) is 13.1. The maximum absolute atomic E-state index is 12.9. The van der Waals surface area contributed by atoms with Crippen molar-refractivity contribution in [3.05, 3.63) is 71.8 Å². The summed E-state index contributed by atoms with van der Waals surface area (Å²) in [6.07, 6.45) is 4.88. The Hall–Kier alpha value is -1.89. The second kappa shape index (κ2) is 6.04. The standard InChI is InChI=1S/C19H20O/c20-19(17-13-5-2-6-14-17)18(16-11-7-8-12-16)15-9-3-1-4-10-15/h1-6,9-10,13-14,16,18H,7-8,11-12H2/t18-/m1/s1. The van der Waals surface area contributed by atoms with E-state index in [-0.39, 0.29) is 11.7 Å². The molecule has 1 aliphatic carbocycles. The van der Waals surface area contributed by atoms with Gasteiger partial charge in [-0.2, -0.15) is 0 Å². The summed E-state index contributed by atoms with van der Waals surface area (Å²) in [5, 5.41) is 0. The number of ketones is 1. The maximum Gasteiger partial charge on any atom is 0.170 e. The van der Waals surface area contributed by atoms with Crippen LogP contribution in [0.1, 0.15) is 47.5 Å². The fourth-order valence-electron chi connectivity index (χ4n) is 3.37. The molecule has 0 saturated heterocycles. The molecule has 1 fully saturated rings. The van der Waals surface area contributed by atoms with Gasteiger partial charge in [0.15, 0.2) is 5.78 Å². The molecule has 1 saturated carbocycles. The van der Waals surface area contributed by atoms with E-state index in [1.807, 2.05) is 48.5 Å². The van der Waals surface area contributed by atoms with E-state index >= 15 is 0 Å². The highest BCUT2D eigenvalue weighted by molar-refractivity contribution is 6.01. The van der Waals surface area contributed by atoms with Crippen LogP contribution in [-0.4, -0.2) is 5.78 Å². The topological polar surface area (TPSA) is 17.1 Å². The molecule has 0 spiro atoms. The first-order valence-electron chi connectivity index (χ1n) is 7.50. The molecular weight excluding hydrogens is 244 g/mol. The zero-order valence-electron chi connectivity index (χ0n) is 11.7. The minimum atomic E-state index is 0.0288. The van der Waals surface area contributed by atoms with Gasteiger partial charge in [0.2, 0.25) is 0 Å². The van der Waals surface area contributed by atoms with Crippen LogP contribution in [0.15, 0.2) is 60.7 Å². The molecule has 0 radical (unpaired) electrons. The first-order chi connectivity index (χ1) is 9.86. The molecular formula is C19H20O. The van der Waals surface area contributed by atoms with E-state index in [1.54, 1.807) is 0 Å². The fraction of sp³-hybridized carbons (Fsp3) is 0.316. The fourth-order valence-corrected chi connectivity index (χ4v) is 3.37. The number of rotatable bonds is 4. The monoisotopic (exact) mass is 264 g/mol. The SMILES string of the molecule is O=C(c1ccccc1)[C@H](c1ccccc1)C1CCCC1. The summed E-state index contributed by atoms with van der Waals surface area (Å²) in [4.78, 5) is 12.9. The normalized spacial score (nSPS) is 17.0. The van der Waals surface area contributed by atoms with Crippen LogP contribution >= 0.6 is 0 Å². The molecule has 0 N–H and O–H groups in total. The van der Waals surface area contributed by atoms with Gasteiger partial charge >= 0.3 is 0 Å². The van der Waals surface area contributed by atoms with Gasteiger partial charge in [-0.05, 0) is 24.3 Å². The van der Waals surface area contributed by atoms with Crippen molar-refractivity contribution in [3.8, 4) is 0 Å². The minimum Gasteiger partial charge on any atom is -0.293 e. The van der Waals surface area contributed by atoms with Crippen molar-refractivity contribution in [2.24, 2.45) is 5.92 Å². The Morgan fingerprint density at radius 2 is 1.40 bits per heavy atom. The molecule has 1 atom stereocenters. The molecule has 3 rings (SSSR count). The third-order valence-electron chi connectivity index (χ3n) is 4.37. The smallest absolute Gasteiger partial charge is 0.170 e. The van der Waals surface area contributed by atoms with Gasteiger partial charge in [-0.15, -0.1) is 0 Å². The van der Waals surface area contributed by atoms with E-state index in [1.165, 1.54) is 31.2 Å². The molecule has 0 heterocycles. The van der Waals surface area contributed by atoms with Crippen molar-refractivity contribution in [1.29, 1.82) is 0 Å². The first-order valence-corrected chi connectivity index (χ1v) is 7.50. The Balaban J connectivity index is 1.95. The van der Waals surface area contributed by atoms with Crippen molar-refractivity contribution in [1.82, 2.24) is 0 Å². The van der Waals surface area contributed by atoms with Gasteiger partial charge in [0.05, 0.1) is 5.92 Å². The number of carbonyl (C=O) groups excluding carboxylic acids is 1. The quantitative estimate of drug-likeness (QED) is 0.722. The summed E-state index contributed by atoms with van der Waals surface area (Å²) in [6, 6.07) is 20.0. The third-order valence-corrected chi connectivity index (χ3v) is 4.37. The van der Waals surface area contributed by atoms with E-state index in [4.69, 9.17) is 0 Å². The number of hydrogen-bond acceptors (Lipinski definition) is 1. The van der Waals surface area contributed by atoms with E-state index in [9.17, 15) is 4.79 Å². The molecule has 2 aromatic carbocycles. The zero-order chi connectivity index (χ0) is 13.8. The van der Waals surface area contributed by atoms with Gasteiger partial charge in [-0.1, -0.05) is 73.5 Å². The summed E-state index contributed by atoms with van der Waals surface area (Å²) in [5.41, 5.74) is 2.02. The third kappa shape index (κ3) is 2.67. The average Bonchev–Trinajstić information content (AvgIpc) is 3.03. The summed E-state index contributed by atoms with van der Waals surface area (Å²) < 4.78 is 0. The van der Waals surface area contributed by atoms with Crippen LogP contribution in [0.5, 0.6) is 0 Å². The highest BCUT2D eigenvalue weighted by Crippen LogP contribution is 2.39. The van der Waals surface area contributed by atoms with Gasteiger partial charge in [0, 0.05) is 5.56 Å². The largest absolute Gasteiger partial charge is 0.293 e. The summed E-state index contributed by atoms with van der Waals surface area (Å²) in [6.45, 7) is 0. The van der Waals surface area contributed by atoms with E-state index in [0.717, 1.165) is 5.56 Å².